The summed E-state index contributed by atoms with van der Waals surface area (Å²) >= 11 is 1.46. The summed E-state index contributed by atoms with van der Waals surface area (Å²) in [5, 5.41) is 10.6. The average molecular weight is 297 g/mol. The van der Waals surface area contributed by atoms with Gasteiger partial charge in [-0.05, 0) is 35.7 Å². The van der Waals surface area contributed by atoms with Gasteiger partial charge in [0.2, 0.25) is 10.0 Å². The Morgan fingerprint density at radius 1 is 1.21 bits per heavy atom. The van der Waals surface area contributed by atoms with Crippen molar-refractivity contribution in [1.29, 1.82) is 0 Å². The van der Waals surface area contributed by atoms with Crippen LogP contribution in [-0.4, -0.2) is 19.5 Å². The van der Waals surface area contributed by atoms with E-state index in [0.29, 0.717) is 0 Å². The topological polar surface area (TPSA) is 83.5 Å². The fraction of sp³-hybridized carbons (Fsp3) is 0.0833. The Morgan fingerprint density at radius 2 is 1.89 bits per heavy atom. The van der Waals surface area contributed by atoms with E-state index in [-0.39, 0.29) is 17.0 Å². The van der Waals surface area contributed by atoms with Gasteiger partial charge in [0.05, 0.1) is 10.5 Å². The van der Waals surface area contributed by atoms with Crippen LogP contribution in [0, 0.1) is 0 Å². The average Bonchev–Trinajstić information content (AvgIpc) is 2.90. The van der Waals surface area contributed by atoms with Gasteiger partial charge in [-0.2, -0.15) is 0 Å². The van der Waals surface area contributed by atoms with Crippen LogP contribution in [0.1, 0.15) is 15.2 Å². The number of carbonyl (C=O) groups is 1. The maximum absolute atomic E-state index is 12.0. The normalized spacial score (nSPS) is 11.4. The fourth-order valence-corrected chi connectivity index (χ4v) is 3.18. The van der Waals surface area contributed by atoms with Crippen LogP contribution in [0.4, 0.5) is 0 Å². The van der Waals surface area contributed by atoms with E-state index in [0.717, 1.165) is 4.88 Å². The number of benzene rings is 1. The minimum absolute atomic E-state index is 0.0501. The van der Waals surface area contributed by atoms with Crippen molar-refractivity contribution < 1.29 is 18.3 Å². The molecule has 0 radical (unpaired) electrons. The molecule has 0 spiro atoms. The quantitative estimate of drug-likeness (QED) is 0.883. The third kappa shape index (κ3) is 3.40. The highest BCUT2D eigenvalue weighted by Gasteiger charge is 2.14. The van der Waals surface area contributed by atoms with Crippen LogP contribution in [0.2, 0.25) is 0 Å². The number of carboxylic acid groups (broad SMARTS) is 1. The van der Waals surface area contributed by atoms with E-state index in [9.17, 15) is 13.2 Å². The second-order valence-electron chi connectivity index (χ2n) is 3.73. The van der Waals surface area contributed by atoms with Crippen LogP contribution in [0.3, 0.4) is 0 Å². The first kappa shape index (κ1) is 13.7. The summed E-state index contributed by atoms with van der Waals surface area (Å²) in [7, 11) is -3.62. The molecule has 0 amide bonds. The summed E-state index contributed by atoms with van der Waals surface area (Å²) in [4.78, 5) is 11.6. The largest absolute Gasteiger partial charge is 0.478 e. The highest BCUT2D eigenvalue weighted by molar-refractivity contribution is 7.89. The molecule has 19 heavy (non-hydrogen) atoms. The molecule has 2 N–H and O–H groups in total. The number of thiophene rings is 1. The molecule has 0 atom stereocenters. The minimum atomic E-state index is -3.62. The molecule has 5 nitrogen and oxygen atoms in total. The van der Waals surface area contributed by atoms with E-state index < -0.39 is 16.0 Å². The molecule has 1 heterocycles. The number of nitrogens with one attached hydrogen (secondary N) is 1. The Balaban J connectivity index is 2.13. The summed E-state index contributed by atoms with van der Waals surface area (Å²) in [6.45, 7) is 0.223. The summed E-state index contributed by atoms with van der Waals surface area (Å²) < 4.78 is 26.4. The lowest BCUT2D eigenvalue weighted by Gasteiger charge is -2.05. The van der Waals surface area contributed by atoms with Gasteiger partial charge in [0.25, 0.3) is 0 Å². The Labute approximate surface area is 114 Å². The number of carboxylic acids is 1. The lowest BCUT2D eigenvalue weighted by Crippen LogP contribution is -2.22. The Morgan fingerprint density at radius 3 is 2.42 bits per heavy atom. The first-order valence-corrected chi connectivity index (χ1v) is 7.71. The summed E-state index contributed by atoms with van der Waals surface area (Å²) in [5.41, 5.74) is 0.0530. The van der Waals surface area contributed by atoms with Gasteiger partial charge in [-0.15, -0.1) is 11.3 Å². The molecule has 1 aromatic carbocycles. The number of sulfonamides is 1. The lowest BCUT2D eigenvalue weighted by atomic mass is 10.2. The monoisotopic (exact) mass is 297 g/mol. The van der Waals surface area contributed by atoms with Crippen LogP contribution in [-0.2, 0) is 16.6 Å². The van der Waals surface area contributed by atoms with E-state index >= 15 is 0 Å². The van der Waals surface area contributed by atoms with Gasteiger partial charge in [-0.25, -0.2) is 17.9 Å². The summed E-state index contributed by atoms with van der Waals surface area (Å²) in [5.74, 6) is -1.09. The zero-order chi connectivity index (χ0) is 13.9. The van der Waals surface area contributed by atoms with Crippen LogP contribution >= 0.6 is 11.3 Å². The smallest absolute Gasteiger partial charge is 0.335 e. The second kappa shape index (κ2) is 5.52. The summed E-state index contributed by atoms with van der Waals surface area (Å²) in [6.07, 6.45) is 0. The van der Waals surface area contributed by atoms with Gasteiger partial charge < -0.3 is 5.11 Å². The number of aromatic carboxylic acids is 1. The second-order valence-corrected chi connectivity index (χ2v) is 6.53. The molecule has 0 bridgehead atoms. The van der Waals surface area contributed by atoms with Crippen molar-refractivity contribution in [2.24, 2.45) is 0 Å². The van der Waals surface area contributed by atoms with Crippen molar-refractivity contribution in [3.8, 4) is 0 Å². The van der Waals surface area contributed by atoms with Gasteiger partial charge >= 0.3 is 5.97 Å². The highest BCUT2D eigenvalue weighted by Crippen LogP contribution is 2.13. The highest BCUT2D eigenvalue weighted by atomic mass is 32.2. The van der Waals surface area contributed by atoms with Crippen molar-refractivity contribution in [3.05, 3.63) is 52.2 Å². The molecule has 0 aliphatic carbocycles. The third-order valence-corrected chi connectivity index (χ3v) is 4.72. The lowest BCUT2D eigenvalue weighted by molar-refractivity contribution is 0.0697. The molecule has 2 aromatic rings. The first-order valence-electron chi connectivity index (χ1n) is 5.34. The van der Waals surface area contributed by atoms with E-state index in [2.05, 4.69) is 4.72 Å². The Bertz CT molecular complexity index is 660. The predicted octanol–water partition coefficient (Wildman–Crippen LogP) is 1.92. The van der Waals surface area contributed by atoms with E-state index in [4.69, 9.17) is 5.11 Å². The molecule has 2 rings (SSSR count). The van der Waals surface area contributed by atoms with Gasteiger partial charge in [0.15, 0.2) is 0 Å². The Hall–Kier alpha value is -1.70. The zero-order valence-electron chi connectivity index (χ0n) is 9.74. The van der Waals surface area contributed by atoms with E-state index in [1.165, 1.54) is 35.6 Å². The molecular weight excluding hydrogens is 286 g/mol. The SMILES string of the molecule is O=C(O)c1ccc(S(=O)(=O)NCc2cccs2)cc1. The molecule has 0 fully saturated rings. The van der Waals surface area contributed by atoms with Crippen LogP contribution in [0.5, 0.6) is 0 Å². The molecule has 0 saturated heterocycles. The number of hydrogen-bond acceptors (Lipinski definition) is 4. The van der Waals surface area contributed by atoms with Crippen molar-refractivity contribution in [2.45, 2.75) is 11.4 Å². The molecule has 1 aromatic heterocycles. The van der Waals surface area contributed by atoms with Gasteiger partial charge in [0, 0.05) is 11.4 Å². The molecule has 0 aliphatic rings. The van der Waals surface area contributed by atoms with Crippen molar-refractivity contribution in [3.63, 3.8) is 0 Å². The Kier molecular flexibility index (Phi) is 3.98. The number of hydrogen-bond donors (Lipinski definition) is 2. The summed E-state index contributed by atoms with van der Waals surface area (Å²) in [6, 6.07) is 8.77. The van der Waals surface area contributed by atoms with Crippen molar-refractivity contribution in [1.82, 2.24) is 4.72 Å². The van der Waals surface area contributed by atoms with Crippen molar-refractivity contribution in [2.75, 3.05) is 0 Å². The van der Waals surface area contributed by atoms with Crippen LogP contribution < -0.4 is 4.72 Å². The fourth-order valence-electron chi connectivity index (χ4n) is 1.44. The minimum Gasteiger partial charge on any atom is -0.478 e. The number of rotatable bonds is 5. The maximum Gasteiger partial charge on any atom is 0.335 e. The third-order valence-electron chi connectivity index (χ3n) is 2.43. The van der Waals surface area contributed by atoms with Gasteiger partial charge in [-0.3, -0.25) is 0 Å². The zero-order valence-corrected chi connectivity index (χ0v) is 11.4. The molecule has 0 aliphatic heterocycles. The van der Waals surface area contributed by atoms with Crippen molar-refractivity contribution >= 4 is 27.3 Å². The predicted molar refractivity (Wildman–Crippen MR) is 71.7 cm³/mol. The van der Waals surface area contributed by atoms with Crippen LogP contribution in [0.15, 0.2) is 46.7 Å². The van der Waals surface area contributed by atoms with Gasteiger partial charge in [-0.1, -0.05) is 6.07 Å². The van der Waals surface area contributed by atoms with Gasteiger partial charge in [0.1, 0.15) is 0 Å². The van der Waals surface area contributed by atoms with E-state index in [1.54, 1.807) is 0 Å². The standard InChI is InChI=1S/C12H11NO4S2/c14-12(15)9-3-5-11(6-4-9)19(16,17)13-8-10-2-1-7-18-10/h1-7,13H,8H2,(H,14,15). The molecular formula is C12H11NO4S2. The van der Waals surface area contributed by atoms with E-state index in [1.807, 2.05) is 17.5 Å². The maximum atomic E-state index is 12.0. The molecule has 0 unspecified atom stereocenters. The molecule has 0 saturated carbocycles. The van der Waals surface area contributed by atoms with Crippen LogP contribution in [0.25, 0.3) is 0 Å². The molecule has 7 heteroatoms. The molecule has 100 valence electrons. The first-order chi connectivity index (χ1) is 8.99.